The van der Waals surface area contributed by atoms with Crippen LogP contribution < -0.4 is 4.74 Å². The maximum atomic E-state index is 4.85. The van der Waals surface area contributed by atoms with Gasteiger partial charge in [0.2, 0.25) is 0 Å². The molecule has 48 valence electrons. The lowest BCUT2D eigenvalue weighted by molar-refractivity contribution is 0.361. The number of hydrogen-bond acceptors (Lipinski definition) is 4. The van der Waals surface area contributed by atoms with E-state index < -0.39 is 0 Å². The largest absolute Gasteiger partial charge is 0.453 e. The Bertz CT molecular complexity index is 168. The van der Waals surface area contributed by atoms with Crippen molar-refractivity contribution < 1.29 is 4.74 Å². The third-order valence-corrected chi connectivity index (χ3v) is 0.865. The summed E-state index contributed by atoms with van der Waals surface area (Å²) in [5, 5.41) is 0. The first-order valence-corrected chi connectivity index (χ1v) is 3.07. The molecular formula is C5H6N2OS. The van der Waals surface area contributed by atoms with Crippen molar-refractivity contribution in [2.75, 3.05) is 5.94 Å². The molecule has 0 bridgehead atoms. The van der Waals surface area contributed by atoms with Crippen LogP contribution in [0, 0.1) is 0 Å². The van der Waals surface area contributed by atoms with Gasteiger partial charge in [-0.3, -0.25) is 0 Å². The van der Waals surface area contributed by atoms with Gasteiger partial charge >= 0.3 is 6.01 Å². The first-order valence-electron chi connectivity index (χ1n) is 2.44. The quantitative estimate of drug-likeness (QED) is 0.488. The predicted molar refractivity (Wildman–Crippen MR) is 36.5 cm³/mol. The van der Waals surface area contributed by atoms with Crippen molar-refractivity contribution in [1.29, 1.82) is 0 Å². The average Bonchev–Trinajstić information content (AvgIpc) is 1.91. The lowest BCUT2D eigenvalue weighted by Gasteiger charge is -1.95. The lowest BCUT2D eigenvalue weighted by atomic mass is 10.7. The summed E-state index contributed by atoms with van der Waals surface area (Å²) in [6, 6.07) is 2.10. The fraction of sp³-hybridized carbons (Fsp3) is 0.200. The van der Waals surface area contributed by atoms with Crippen LogP contribution in [-0.2, 0) is 0 Å². The summed E-state index contributed by atoms with van der Waals surface area (Å²) < 4.78 is 4.85. The van der Waals surface area contributed by atoms with Crippen molar-refractivity contribution in [3.05, 3.63) is 18.5 Å². The smallest absolute Gasteiger partial charge is 0.317 e. The molecule has 0 N–H and O–H groups in total. The molecule has 1 aromatic heterocycles. The SMILES string of the molecule is SCOc1ncccn1. The Morgan fingerprint density at radius 1 is 1.44 bits per heavy atom. The van der Waals surface area contributed by atoms with Crippen LogP contribution in [0.2, 0.25) is 0 Å². The fourth-order valence-electron chi connectivity index (χ4n) is 0.418. The Labute approximate surface area is 58.5 Å². The van der Waals surface area contributed by atoms with Gasteiger partial charge in [-0.05, 0) is 6.07 Å². The van der Waals surface area contributed by atoms with Gasteiger partial charge in [0, 0.05) is 12.4 Å². The topological polar surface area (TPSA) is 35.0 Å². The second-order valence-electron chi connectivity index (χ2n) is 1.30. The van der Waals surface area contributed by atoms with Gasteiger partial charge in [-0.1, -0.05) is 0 Å². The number of aromatic nitrogens is 2. The van der Waals surface area contributed by atoms with Crippen LogP contribution in [-0.4, -0.2) is 15.9 Å². The van der Waals surface area contributed by atoms with E-state index >= 15 is 0 Å². The molecule has 0 aliphatic rings. The molecule has 1 rings (SSSR count). The number of rotatable bonds is 2. The van der Waals surface area contributed by atoms with E-state index in [1.165, 1.54) is 0 Å². The molecule has 0 aliphatic carbocycles. The van der Waals surface area contributed by atoms with Gasteiger partial charge < -0.3 is 4.74 Å². The molecule has 0 atom stereocenters. The van der Waals surface area contributed by atoms with Crippen LogP contribution in [0.25, 0.3) is 0 Å². The number of nitrogens with zero attached hydrogens (tertiary/aromatic N) is 2. The van der Waals surface area contributed by atoms with Gasteiger partial charge in [-0.2, -0.15) is 0 Å². The zero-order valence-electron chi connectivity index (χ0n) is 4.69. The third kappa shape index (κ3) is 1.89. The Kier molecular flexibility index (Phi) is 2.32. The van der Waals surface area contributed by atoms with E-state index in [2.05, 4.69) is 22.6 Å². The molecule has 0 saturated heterocycles. The second-order valence-corrected chi connectivity index (χ2v) is 1.56. The van der Waals surface area contributed by atoms with Crippen LogP contribution in [0.4, 0.5) is 0 Å². The predicted octanol–water partition coefficient (Wildman–Crippen LogP) is 0.743. The molecule has 0 unspecified atom stereocenters. The van der Waals surface area contributed by atoms with Crippen molar-refractivity contribution in [2.24, 2.45) is 0 Å². The van der Waals surface area contributed by atoms with E-state index in [4.69, 9.17) is 4.74 Å². The normalized spacial score (nSPS) is 9.00. The first kappa shape index (κ1) is 6.35. The van der Waals surface area contributed by atoms with Gasteiger partial charge in [0.25, 0.3) is 0 Å². The second kappa shape index (κ2) is 3.29. The maximum absolute atomic E-state index is 4.85. The van der Waals surface area contributed by atoms with E-state index in [1.54, 1.807) is 18.5 Å². The monoisotopic (exact) mass is 142 g/mol. The molecule has 0 aromatic carbocycles. The van der Waals surface area contributed by atoms with Crippen LogP contribution in [0.1, 0.15) is 0 Å². The van der Waals surface area contributed by atoms with Crippen LogP contribution in [0.3, 0.4) is 0 Å². The number of thiol groups is 1. The maximum Gasteiger partial charge on any atom is 0.317 e. The molecule has 0 fully saturated rings. The Morgan fingerprint density at radius 2 is 2.11 bits per heavy atom. The molecule has 4 heteroatoms. The van der Waals surface area contributed by atoms with E-state index in [0.29, 0.717) is 11.9 Å². The summed E-state index contributed by atoms with van der Waals surface area (Å²) in [6.45, 7) is 0. The molecule has 0 radical (unpaired) electrons. The molecule has 1 heterocycles. The Morgan fingerprint density at radius 3 is 2.67 bits per heavy atom. The highest BCUT2D eigenvalue weighted by Gasteiger charge is 1.88. The zero-order valence-corrected chi connectivity index (χ0v) is 5.58. The summed E-state index contributed by atoms with van der Waals surface area (Å²) in [7, 11) is 0. The summed E-state index contributed by atoms with van der Waals surface area (Å²) >= 11 is 3.83. The zero-order chi connectivity index (χ0) is 6.53. The van der Waals surface area contributed by atoms with E-state index in [1.807, 2.05) is 0 Å². The van der Waals surface area contributed by atoms with Gasteiger partial charge in [0.1, 0.15) is 5.94 Å². The third-order valence-electron chi connectivity index (χ3n) is 0.736. The number of hydrogen-bond donors (Lipinski definition) is 1. The van der Waals surface area contributed by atoms with Gasteiger partial charge in [-0.25, -0.2) is 9.97 Å². The van der Waals surface area contributed by atoms with Gasteiger partial charge in [-0.15, -0.1) is 12.6 Å². The summed E-state index contributed by atoms with van der Waals surface area (Å²) in [5.41, 5.74) is 0. The molecule has 9 heavy (non-hydrogen) atoms. The Balaban J connectivity index is 2.61. The average molecular weight is 142 g/mol. The molecule has 0 amide bonds. The Hall–Kier alpha value is -0.770. The summed E-state index contributed by atoms with van der Waals surface area (Å²) in [4.78, 5) is 7.57. The number of ether oxygens (including phenoxy) is 1. The van der Waals surface area contributed by atoms with Crippen molar-refractivity contribution in [2.45, 2.75) is 0 Å². The first-order chi connectivity index (χ1) is 4.43. The summed E-state index contributed by atoms with van der Waals surface area (Å²) in [6.07, 6.45) is 3.23. The molecule has 0 saturated carbocycles. The highest BCUT2D eigenvalue weighted by Crippen LogP contribution is 1.96. The highest BCUT2D eigenvalue weighted by atomic mass is 32.1. The fourth-order valence-corrected chi connectivity index (χ4v) is 0.533. The van der Waals surface area contributed by atoms with E-state index in [0.717, 1.165) is 0 Å². The molecule has 0 aliphatic heterocycles. The van der Waals surface area contributed by atoms with Gasteiger partial charge in [0.15, 0.2) is 0 Å². The van der Waals surface area contributed by atoms with Crippen LogP contribution >= 0.6 is 12.6 Å². The standard InChI is InChI=1S/C5H6N2OS/c9-4-8-5-6-2-1-3-7-5/h1-3,9H,4H2. The van der Waals surface area contributed by atoms with Crippen LogP contribution in [0.5, 0.6) is 6.01 Å². The molecule has 0 spiro atoms. The highest BCUT2D eigenvalue weighted by molar-refractivity contribution is 7.80. The van der Waals surface area contributed by atoms with Gasteiger partial charge in [0.05, 0.1) is 0 Å². The minimum atomic E-state index is 0.310. The minimum Gasteiger partial charge on any atom is -0.453 e. The molecular weight excluding hydrogens is 136 g/mol. The molecule has 3 nitrogen and oxygen atoms in total. The van der Waals surface area contributed by atoms with Crippen molar-refractivity contribution in [3.8, 4) is 6.01 Å². The lowest BCUT2D eigenvalue weighted by Crippen LogP contribution is -1.93. The van der Waals surface area contributed by atoms with E-state index in [9.17, 15) is 0 Å². The van der Waals surface area contributed by atoms with Crippen molar-refractivity contribution >= 4 is 12.6 Å². The van der Waals surface area contributed by atoms with Crippen LogP contribution in [0.15, 0.2) is 18.5 Å². The molecule has 1 aromatic rings. The van der Waals surface area contributed by atoms with Crippen molar-refractivity contribution in [1.82, 2.24) is 9.97 Å². The van der Waals surface area contributed by atoms with Crippen molar-refractivity contribution in [3.63, 3.8) is 0 Å². The minimum absolute atomic E-state index is 0.310. The summed E-state index contributed by atoms with van der Waals surface area (Å²) in [5.74, 6) is 0.310. The van der Waals surface area contributed by atoms with E-state index in [-0.39, 0.29) is 0 Å².